The number of hydrogen-bond donors (Lipinski definition) is 0. The van der Waals surface area contributed by atoms with Crippen LogP contribution >= 0.6 is 11.6 Å². The predicted molar refractivity (Wildman–Crippen MR) is 132 cm³/mol. The Kier molecular flexibility index (Phi) is 5.81. The number of anilines is 1. The number of fused-ring (bicyclic) bond motifs is 1. The number of carbonyl (C=O) groups excluding carboxylic acids is 1. The van der Waals surface area contributed by atoms with Gasteiger partial charge in [-0.3, -0.25) is 4.79 Å². The molecule has 3 aromatic carbocycles. The zero-order valence-electron chi connectivity index (χ0n) is 18.8. The Morgan fingerprint density at radius 1 is 1.03 bits per heavy atom. The van der Waals surface area contributed by atoms with Crippen molar-refractivity contribution in [2.24, 2.45) is 0 Å². The topological polar surface area (TPSA) is 47.4 Å². The van der Waals surface area contributed by atoms with E-state index in [9.17, 15) is 4.79 Å². The van der Waals surface area contributed by atoms with Gasteiger partial charge in [0.05, 0.1) is 17.6 Å². The molecule has 0 bridgehead atoms. The molecule has 1 aliphatic rings. The summed E-state index contributed by atoms with van der Waals surface area (Å²) in [5, 5.41) is 0.731. The maximum atomic E-state index is 12.9. The van der Waals surface area contributed by atoms with Crippen LogP contribution in [-0.4, -0.2) is 28.6 Å². The lowest BCUT2D eigenvalue weighted by Gasteiger charge is -2.19. The summed E-state index contributed by atoms with van der Waals surface area (Å²) in [7, 11) is 0. The number of imidazole rings is 1. The molecule has 168 valence electrons. The van der Waals surface area contributed by atoms with Crippen molar-refractivity contribution in [1.29, 1.82) is 0 Å². The van der Waals surface area contributed by atoms with Gasteiger partial charge in [-0.05, 0) is 61.4 Å². The molecule has 0 N–H and O–H groups in total. The first-order valence-electron chi connectivity index (χ1n) is 11.2. The average Bonchev–Trinajstić information content (AvgIpc) is 3.37. The number of halogens is 1. The van der Waals surface area contributed by atoms with Crippen LogP contribution in [0.2, 0.25) is 5.02 Å². The molecule has 1 atom stereocenters. The highest BCUT2D eigenvalue weighted by atomic mass is 35.5. The van der Waals surface area contributed by atoms with E-state index in [2.05, 4.69) is 10.6 Å². The highest BCUT2D eigenvalue weighted by molar-refractivity contribution is 6.31. The third kappa shape index (κ3) is 4.21. The molecule has 0 saturated carbocycles. The SMILES string of the molecule is Cc1cc(OCCn2c([C@@H]3CC(=O)N(c4ccccc4C)C3)nc3ccccc32)ccc1Cl. The van der Waals surface area contributed by atoms with Crippen LogP contribution in [0.1, 0.15) is 29.3 Å². The van der Waals surface area contributed by atoms with Crippen molar-refractivity contribution in [3.05, 3.63) is 88.7 Å². The molecule has 0 aliphatic carbocycles. The molecular weight excluding hydrogens is 434 g/mol. The van der Waals surface area contributed by atoms with Gasteiger partial charge in [-0.2, -0.15) is 0 Å². The number of para-hydroxylation sites is 3. The van der Waals surface area contributed by atoms with Crippen LogP contribution in [0.3, 0.4) is 0 Å². The molecule has 5 rings (SSSR count). The van der Waals surface area contributed by atoms with Crippen molar-refractivity contribution in [3.8, 4) is 5.75 Å². The van der Waals surface area contributed by atoms with Crippen LogP contribution in [0.5, 0.6) is 5.75 Å². The number of aryl methyl sites for hydroxylation is 2. The maximum Gasteiger partial charge on any atom is 0.227 e. The number of ether oxygens (including phenoxy) is 1. The Morgan fingerprint density at radius 3 is 2.64 bits per heavy atom. The minimum Gasteiger partial charge on any atom is -0.492 e. The molecule has 0 radical (unpaired) electrons. The summed E-state index contributed by atoms with van der Waals surface area (Å²) in [5.41, 5.74) is 5.08. The van der Waals surface area contributed by atoms with E-state index >= 15 is 0 Å². The van der Waals surface area contributed by atoms with Gasteiger partial charge in [0, 0.05) is 29.6 Å². The Hall–Kier alpha value is -3.31. The van der Waals surface area contributed by atoms with Crippen molar-refractivity contribution < 1.29 is 9.53 Å². The summed E-state index contributed by atoms with van der Waals surface area (Å²) in [5.74, 6) is 1.91. The van der Waals surface area contributed by atoms with Gasteiger partial charge in [-0.25, -0.2) is 4.98 Å². The molecule has 33 heavy (non-hydrogen) atoms. The lowest BCUT2D eigenvalue weighted by molar-refractivity contribution is -0.117. The van der Waals surface area contributed by atoms with Gasteiger partial charge >= 0.3 is 0 Å². The molecular formula is C27H26ClN3O2. The van der Waals surface area contributed by atoms with Crippen molar-refractivity contribution in [2.75, 3.05) is 18.1 Å². The largest absolute Gasteiger partial charge is 0.492 e. The smallest absolute Gasteiger partial charge is 0.227 e. The molecule has 1 aliphatic heterocycles. The number of carbonyl (C=O) groups is 1. The number of nitrogens with zero attached hydrogens (tertiary/aromatic N) is 3. The van der Waals surface area contributed by atoms with E-state index in [4.69, 9.17) is 21.3 Å². The number of amides is 1. The van der Waals surface area contributed by atoms with Gasteiger partial charge in [0.2, 0.25) is 5.91 Å². The fourth-order valence-electron chi connectivity index (χ4n) is 4.58. The zero-order chi connectivity index (χ0) is 22.9. The van der Waals surface area contributed by atoms with Crippen LogP contribution in [0.25, 0.3) is 11.0 Å². The lowest BCUT2D eigenvalue weighted by Crippen LogP contribution is -2.25. The minimum absolute atomic E-state index is 0.0299. The summed E-state index contributed by atoms with van der Waals surface area (Å²) >= 11 is 6.13. The fourth-order valence-corrected chi connectivity index (χ4v) is 4.70. The van der Waals surface area contributed by atoms with Crippen LogP contribution in [0, 0.1) is 13.8 Å². The molecule has 2 heterocycles. The Balaban J connectivity index is 1.40. The second-order valence-electron chi connectivity index (χ2n) is 8.56. The first-order valence-corrected chi connectivity index (χ1v) is 11.6. The van der Waals surface area contributed by atoms with E-state index < -0.39 is 0 Å². The summed E-state index contributed by atoms with van der Waals surface area (Å²) in [6.07, 6.45) is 0.453. The standard InChI is InChI=1S/C27H26ClN3O2/c1-18-7-3-5-9-24(18)31-17-20(16-26(31)32)27-29-23-8-4-6-10-25(23)30(27)13-14-33-21-11-12-22(28)19(2)15-21/h3-12,15,20H,13-14,16-17H2,1-2H3/t20-/m1/s1. The number of rotatable bonds is 6. The van der Waals surface area contributed by atoms with Crippen molar-refractivity contribution in [2.45, 2.75) is 32.7 Å². The second kappa shape index (κ2) is 8.91. The van der Waals surface area contributed by atoms with E-state index in [-0.39, 0.29) is 11.8 Å². The van der Waals surface area contributed by atoms with Crippen LogP contribution in [0.4, 0.5) is 5.69 Å². The summed E-state index contributed by atoms with van der Waals surface area (Å²) in [6.45, 7) is 5.78. The third-order valence-corrected chi connectivity index (χ3v) is 6.72. The third-order valence-electron chi connectivity index (χ3n) is 6.29. The van der Waals surface area contributed by atoms with Crippen molar-refractivity contribution in [1.82, 2.24) is 9.55 Å². The van der Waals surface area contributed by atoms with Crippen LogP contribution in [0.15, 0.2) is 66.7 Å². The summed E-state index contributed by atoms with van der Waals surface area (Å²) in [6, 6.07) is 21.8. The van der Waals surface area contributed by atoms with E-state index in [1.165, 1.54) is 0 Å². The number of aromatic nitrogens is 2. The highest BCUT2D eigenvalue weighted by Gasteiger charge is 2.35. The van der Waals surface area contributed by atoms with Crippen molar-refractivity contribution >= 4 is 34.2 Å². The molecule has 1 saturated heterocycles. The quantitative estimate of drug-likeness (QED) is 0.360. The Bertz CT molecular complexity index is 1330. The molecule has 4 aromatic rings. The molecule has 1 aromatic heterocycles. The van der Waals surface area contributed by atoms with Gasteiger partial charge < -0.3 is 14.2 Å². The Morgan fingerprint density at radius 2 is 1.82 bits per heavy atom. The number of hydrogen-bond acceptors (Lipinski definition) is 3. The molecule has 1 fully saturated rings. The average molecular weight is 460 g/mol. The predicted octanol–water partition coefficient (Wildman–Crippen LogP) is 5.91. The molecule has 5 nitrogen and oxygen atoms in total. The molecule has 0 unspecified atom stereocenters. The molecule has 6 heteroatoms. The van der Waals surface area contributed by atoms with Crippen molar-refractivity contribution in [3.63, 3.8) is 0 Å². The summed E-state index contributed by atoms with van der Waals surface area (Å²) < 4.78 is 8.23. The monoisotopic (exact) mass is 459 g/mol. The highest BCUT2D eigenvalue weighted by Crippen LogP contribution is 2.34. The van der Waals surface area contributed by atoms with E-state index in [1.54, 1.807) is 0 Å². The Labute approximate surface area is 198 Å². The zero-order valence-corrected chi connectivity index (χ0v) is 19.5. The lowest BCUT2D eigenvalue weighted by atomic mass is 10.1. The second-order valence-corrected chi connectivity index (χ2v) is 8.97. The van der Waals surface area contributed by atoms with Gasteiger partial charge in [0.15, 0.2) is 0 Å². The fraction of sp³-hybridized carbons (Fsp3) is 0.259. The van der Waals surface area contributed by atoms with E-state index in [1.807, 2.05) is 79.4 Å². The molecule has 1 amide bonds. The maximum absolute atomic E-state index is 12.9. The first-order chi connectivity index (χ1) is 16.0. The summed E-state index contributed by atoms with van der Waals surface area (Å²) in [4.78, 5) is 19.8. The number of benzene rings is 3. The van der Waals surface area contributed by atoms with Gasteiger partial charge in [0.25, 0.3) is 0 Å². The van der Waals surface area contributed by atoms with Gasteiger partial charge in [-0.15, -0.1) is 0 Å². The van der Waals surface area contributed by atoms with E-state index in [0.717, 1.165) is 44.4 Å². The van der Waals surface area contributed by atoms with Crippen LogP contribution < -0.4 is 9.64 Å². The van der Waals surface area contributed by atoms with Gasteiger partial charge in [-0.1, -0.05) is 41.9 Å². The van der Waals surface area contributed by atoms with E-state index in [0.29, 0.717) is 26.1 Å². The van der Waals surface area contributed by atoms with Crippen LogP contribution in [-0.2, 0) is 11.3 Å². The normalized spacial score (nSPS) is 16.0. The molecule has 0 spiro atoms. The first kappa shape index (κ1) is 21.5. The minimum atomic E-state index is 0.0299. The van der Waals surface area contributed by atoms with Gasteiger partial charge in [0.1, 0.15) is 18.2 Å².